The van der Waals surface area contributed by atoms with Crippen LogP contribution in [0.2, 0.25) is 0 Å². The van der Waals surface area contributed by atoms with Gasteiger partial charge in [0.15, 0.2) is 0 Å². The van der Waals surface area contributed by atoms with Crippen molar-refractivity contribution in [2.24, 2.45) is 5.92 Å². The summed E-state index contributed by atoms with van der Waals surface area (Å²) in [5.41, 5.74) is 0.911. The number of aryl methyl sites for hydroxylation is 1. The van der Waals surface area contributed by atoms with Gasteiger partial charge in [0.1, 0.15) is 11.4 Å². The molecule has 1 rings (SSSR count). The molecule has 0 aliphatic rings. The molecule has 0 aliphatic carbocycles. The van der Waals surface area contributed by atoms with Crippen molar-refractivity contribution in [2.45, 2.75) is 53.6 Å². The Kier molecular flexibility index (Phi) is 7.20. The molecule has 0 saturated heterocycles. The van der Waals surface area contributed by atoms with Gasteiger partial charge in [0.2, 0.25) is 0 Å². The largest absolute Gasteiger partial charge is 0.508 e. The summed E-state index contributed by atoms with van der Waals surface area (Å²) in [7, 11) is 0. The summed E-state index contributed by atoms with van der Waals surface area (Å²) >= 11 is 0. The average Bonchev–Trinajstić information content (AvgIpc) is 2.28. The zero-order chi connectivity index (χ0) is 15.1. The van der Waals surface area contributed by atoms with Crippen LogP contribution in [0.25, 0.3) is 0 Å². The highest BCUT2D eigenvalue weighted by Crippen LogP contribution is 2.10. The summed E-state index contributed by atoms with van der Waals surface area (Å²) in [4.78, 5) is 10.9. The molecule has 3 heteroatoms. The molecule has 3 nitrogen and oxygen atoms in total. The van der Waals surface area contributed by atoms with Gasteiger partial charge in [-0.25, -0.2) is 0 Å². The smallest absolute Gasteiger partial charge is 0.308 e. The van der Waals surface area contributed by atoms with E-state index in [2.05, 4.69) is 6.92 Å². The fourth-order valence-corrected chi connectivity index (χ4v) is 1.15. The lowest BCUT2D eigenvalue weighted by atomic mass is 10.1. The first-order valence-electron chi connectivity index (χ1n) is 6.66. The van der Waals surface area contributed by atoms with Crippen molar-refractivity contribution in [1.29, 1.82) is 0 Å². The Morgan fingerprint density at radius 1 is 1.21 bits per heavy atom. The van der Waals surface area contributed by atoms with Gasteiger partial charge in [0.25, 0.3) is 0 Å². The Morgan fingerprint density at radius 2 is 1.68 bits per heavy atom. The van der Waals surface area contributed by atoms with Crippen LogP contribution in [0.3, 0.4) is 0 Å². The zero-order valence-corrected chi connectivity index (χ0v) is 12.9. The van der Waals surface area contributed by atoms with Crippen LogP contribution in [0.5, 0.6) is 5.75 Å². The number of phenolic OH excluding ortho intramolecular Hbond substituents is 1. The summed E-state index contributed by atoms with van der Waals surface area (Å²) < 4.78 is 5.06. The van der Waals surface area contributed by atoms with Crippen LogP contribution in [-0.2, 0) is 16.0 Å². The molecule has 0 fully saturated rings. The van der Waals surface area contributed by atoms with Crippen LogP contribution < -0.4 is 0 Å². The normalized spacial score (nSPS) is 10.7. The molecule has 1 aromatic rings. The Bertz CT molecular complexity index is 372. The highest BCUT2D eigenvalue weighted by Gasteiger charge is 2.18. The van der Waals surface area contributed by atoms with Gasteiger partial charge >= 0.3 is 5.97 Å². The van der Waals surface area contributed by atoms with Crippen molar-refractivity contribution in [2.75, 3.05) is 0 Å². The van der Waals surface area contributed by atoms with Crippen molar-refractivity contribution in [1.82, 2.24) is 0 Å². The molecule has 19 heavy (non-hydrogen) atoms. The molecule has 0 spiro atoms. The van der Waals surface area contributed by atoms with E-state index in [9.17, 15) is 4.79 Å². The summed E-state index contributed by atoms with van der Waals surface area (Å²) in [5.74, 6) is 0.180. The van der Waals surface area contributed by atoms with Crippen LogP contribution in [0.15, 0.2) is 24.3 Å². The second-order valence-corrected chi connectivity index (χ2v) is 5.71. The van der Waals surface area contributed by atoms with E-state index in [1.165, 1.54) is 5.56 Å². The third-order valence-electron chi connectivity index (χ3n) is 2.22. The van der Waals surface area contributed by atoms with E-state index in [0.717, 1.165) is 6.42 Å². The minimum atomic E-state index is -0.346. The number of carbonyl (C=O) groups is 1. The van der Waals surface area contributed by atoms with Gasteiger partial charge in [-0.1, -0.05) is 32.9 Å². The van der Waals surface area contributed by atoms with Crippen molar-refractivity contribution < 1.29 is 14.6 Å². The maximum atomic E-state index is 10.9. The van der Waals surface area contributed by atoms with Gasteiger partial charge in [-0.05, 0) is 44.9 Å². The second kappa shape index (κ2) is 7.82. The molecule has 0 unspecified atom stereocenters. The molecule has 0 radical (unpaired) electrons. The zero-order valence-electron chi connectivity index (χ0n) is 12.9. The SMILES string of the molecule is CC(C)C(=O)OC(C)(C)C.CCc1ccc(O)cc1. The lowest BCUT2D eigenvalue weighted by Gasteiger charge is -2.20. The molecule has 0 atom stereocenters. The molecule has 0 bridgehead atoms. The van der Waals surface area contributed by atoms with Crippen molar-refractivity contribution in [3.8, 4) is 5.75 Å². The van der Waals surface area contributed by atoms with Gasteiger partial charge in [-0.3, -0.25) is 4.79 Å². The Morgan fingerprint density at radius 3 is 1.95 bits per heavy atom. The lowest BCUT2D eigenvalue weighted by molar-refractivity contribution is -0.158. The molecule has 1 aromatic carbocycles. The van der Waals surface area contributed by atoms with Gasteiger partial charge < -0.3 is 9.84 Å². The fraction of sp³-hybridized carbons (Fsp3) is 0.562. The molecular formula is C16H26O3. The van der Waals surface area contributed by atoms with Crippen LogP contribution in [0, 0.1) is 5.92 Å². The summed E-state index contributed by atoms with van der Waals surface area (Å²) in [6.07, 6.45) is 1.03. The number of hydrogen-bond donors (Lipinski definition) is 1. The number of hydrogen-bond acceptors (Lipinski definition) is 3. The average molecular weight is 266 g/mol. The molecule has 108 valence electrons. The van der Waals surface area contributed by atoms with Crippen LogP contribution in [0.1, 0.15) is 47.1 Å². The van der Waals surface area contributed by atoms with Crippen LogP contribution >= 0.6 is 0 Å². The van der Waals surface area contributed by atoms with Gasteiger partial charge in [-0.2, -0.15) is 0 Å². The van der Waals surface area contributed by atoms with E-state index < -0.39 is 0 Å². The first kappa shape index (κ1) is 17.5. The summed E-state index contributed by atoms with van der Waals surface area (Å²) in [6.45, 7) is 11.3. The first-order chi connectivity index (χ1) is 8.65. The first-order valence-corrected chi connectivity index (χ1v) is 6.66. The highest BCUT2D eigenvalue weighted by atomic mass is 16.6. The summed E-state index contributed by atoms with van der Waals surface area (Å²) in [6, 6.07) is 7.27. The number of esters is 1. The number of ether oxygens (including phenoxy) is 1. The third-order valence-corrected chi connectivity index (χ3v) is 2.22. The molecular weight excluding hydrogens is 240 g/mol. The van der Waals surface area contributed by atoms with E-state index in [-0.39, 0.29) is 17.5 Å². The quantitative estimate of drug-likeness (QED) is 0.825. The standard InChI is InChI=1S/C8H16O2.C8H10O/c1-6(2)7(9)10-8(3,4)5;1-2-7-3-5-8(9)6-4-7/h6H,1-5H3;3-6,9H,2H2,1H3. The maximum Gasteiger partial charge on any atom is 0.308 e. The number of benzene rings is 1. The molecule has 0 aliphatic heterocycles. The van der Waals surface area contributed by atoms with E-state index in [1.54, 1.807) is 12.1 Å². The Hall–Kier alpha value is -1.51. The van der Waals surface area contributed by atoms with Crippen molar-refractivity contribution in [3.63, 3.8) is 0 Å². The monoisotopic (exact) mass is 266 g/mol. The number of carbonyl (C=O) groups excluding carboxylic acids is 1. The number of aromatic hydroxyl groups is 1. The minimum absolute atomic E-state index is 0.0285. The van der Waals surface area contributed by atoms with E-state index in [0.29, 0.717) is 5.75 Å². The van der Waals surface area contributed by atoms with Crippen LogP contribution in [-0.4, -0.2) is 16.7 Å². The third kappa shape index (κ3) is 9.11. The Balaban J connectivity index is 0.000000342. The van der Waals surface area contributed by atoms with Gasteiger partial charge in [0, 0.05) is 0 Å². The predicted octanol–water partition coefficient (Wildman–Crippen LogP) is 3.94. The van der Waals surface area contributed by atoms with Crippen molar-refractivity contribution in [3.05, 3.63) is 29.8 Å². The lowest BCUT2D eigenvalue weighted by Crippen LogP contribution is -2.26. The predicted molar refractivity (Wildman–Crippen MR) is 78.2 cm³/mol. The fourth-order valence-electron chi connectivity index (χ4n) is 1.15. The second-order valence-electron chi connectivity index (χ2n) is 5.71. The maximum absolute atomic E-state index is 10.9. The van der Waals surface area contributed by atoms with Gasteiger partial charge in [0.05, 0.1) is 5.92 Å². The van der Waals surface area contributed by atoms with E-state index in [4.69, 9.17) is 9.84 Å². The Labute approximate surface area is 116 Å². The molecule has 0 amide bonds. The minimum Gasteiger partial charge on any atom is -0.508 e. The van der Waals surface area contributed by atoms with E-state index in [1.807, 2.05) is 46.8 Å². The molecule has 0 saturated carbocycles. The van der Waals surface area contributed by atoms with Crippen LogP contribution in [0.4, 0.5) is 0 Å². The van der Waals surface area contributed by atoms with Crippen molar-refractivity contribution >= 4 is 5.97 Å². The van der Waals surface area contributed by atoms with E-state index >= 15 is 0 Å². The number of rotatable bonds is 2. The highest BCUT2D eigenvalue weighted by molar-refractivity contribution is 5.71. The summed E-state index contributed by atoms with van der Waals surface area (Å²) in [5, 5.41) is 8.85. The topological polar surface area (TPSA) is 46.5 Å². The molecule has 0 heterocycles. The molecule has 1 N–H and O–H groups in total. The molecule has 0 aromatic heterocycles. The van der Waals surface area contributed by atoms with Gasteiger partial charge in [-0.15, -0.1) is 0 Å². The number of phenols is 1.